The molecule has 20 heavy (non-hydrogen) atoms. The maximum atomic E-state index is 13.2. The van der Waals surface area contributed by atoms with Crippen molar-refractivity contribution in [2.45, 2.75) is 19.8 Å². The fraction of sp³-hybridized carbons (Fsp3) is 0.462. The van der Waals surface area contributed by atoms with E-state index in [1.165, 1.54) is 6.07 Å². The fourth-order valence-corrected chi connectivity index (χ4v) is 1.77. The summed E-state index contributed by atoms with van der Waals surface area (Å²) in [6.45, 7) is 2.34. The van der Waals surface area contributed by atoms with E-state index >= 15 is 0 Å². The van der Waals surface area contributed by atoms with Crippen LogP contribution in [-0.2, 0) is 0 Å². The minimum absolute atomic E-state index is 0.0381. The Balaban J connectivity index is 2.73. The lowest BCUT2D eigenvalue weighted by Crippen LogP contribution is -2.29. The summed E-state index contributed by atoms with van der Waals surface area (Å²) in [6.07, 6.45) is 1.37. The number of amides is 1. The third-order valence-corrected chi connectivity index (χ3v) is 3.07. The number of benzene rings is 1. The number of aliphatic hydroxyl groups excluding tert-OH is 1. The predicted molar refractivity (Wildman–Crippen MR) is 70.9 cm³/mol. The predicted octanol–water partition coefficient (Wildman–Crippen LogP) is 1.87. The maximum absolute atomic E-state index is 13.2. The maximum Gasteiger partial charge on any atom is 0.305 e. The number of nitro benzene ring substituents is 1. The van der Waals surface area contributed by atoms with Crippen molar-refractivity contribution in [3.63, 3.8) is 0 Å². The zero-order valence-electron chi connectivity index (χ0n) is 11.1. The van der Waals surface area contributed by atoms with Crippen LogP contribution in [-0.4, -0.2) is 29.1 Å². The summed E-state index contributed by atoms with van der Waals surface area (Å²) in [5.74, 6) is -1.33. The molecule has 0 bridgehead atoms. The van der Waals surface area contributed by atoms with Crippen LogP contribution in [0.3, 0.4) is 0 Å². The minimum atomic E-state index is -0.974. The van der Waals surface area contributed by atoms with Crippen LogP contribution in [0.15, 0.2) is 18.2 Å². The molecule has 0 radical (unpaired) electrons. The lowest BCUT2D eigenvalue weighted by atomic mass is 10.0. The minimum Gasteiger partial charge on any atom is -0.396 e. The van der Waals surface area contributed by atoms with E-state index in [1.54, 1.807) is 0 Å². The van der Waals surface area contributed by atoms with E-state index in [2.05, 4.69) is 5.32 Å². The molecule has 1 unspecified atom stereocenters. The molecule has 0 fully saturated rings. The molecule has 0 saturated carbocycles. The van der Waals surface area contributed by atoms with Gasteiger partial charge in [-0.15, -0.1) is 0 Å². The van der Waals surface area contributed by atoms with Gasteiger partial charge in [0.1, 0.15) is 0 Å². The number of carbonyl (C=O) groups excluding carboxylic acids is 1. The number of nitrogens with zero attached hydrogens (tertiary/aromatic N) is 1. The van der Waals surface area contributed by atoms with Crippen molar-refractivity contribution in [1.82, 2.24) is 5.32 Å². The summed E-state index contributed by atoms with van der Waals surface area (Å²) in [4.78, 5) is 21.6. The third-order valence-electron chi connectivity index (χ3n) is 3.07. The standard InChI is InChI=1S/C13H17FN2O4/c1-2-9(5-6-17)8-15-13(18)10-3-4-11(14)12(7-10)16(19)20/h3-4,7,9,17H,2,5-6,8H2,1H3,(H,15,18). The summed E-state index contributed by atoms with van der Waals surface area (Å²) in [5, 5.41) is 22.1. The molecule has 0 heterocycles. The van der Waals surface area contributed by atoms with Crippen molar-refractivity contribution in [3.05, 3.63) is 39.7 Å². The molecular formula is C13H17FN2O4. The van der Waals surface area contributed by atoms with Gasteiger partial charge in [0.05, 0.1) is 4.92 Å². The summed E-state index contributed by atoms with van der Waals surface area (Å²) >= 11 is 0. The van der Waals surface area contributed by atoms with Gasteiger partial charge in [0.2, 0.25) is 5.82 Å². The van der Waals surface area contributed by atoms with Gasteiger partial charge in [0.15, 0.2) is 0 Å². The number of carbonyl (C=O) groups is 1. The van der Waals surface area contributed by atoms with Crippen LogP contribution in [0.5, 0.6) is 0 Å². The van der Waals surface area contributed by atoms with Crippen LogP contribution in [0.25, 0.3) is 0 Å². The van der Waals surface area contributed by atoms with Crippen LogP contribution in [0, 0.1) is 21.8 Å². The van der Waals surface area contributed by atoms with Gasteiger partial charge in [0.25, 0.3) is 5.91 Å². The molecule has 1 aromatic carbocycles. The molecule has 0 aliphatic carbocycles. The lowest BCUT2D eigenvalue weighted by molar-refractivity contribution is -0.387. The zero-order valence-corrected chi connectivity index (χ0v) is 11.1. The van der Waals surface area contributed by atoms with Crippen molar-refractivity contribution < 1.29 is 19.2 Å². The van der Waals surface area contributed by atoms with Gasteiger partial charge >= 0.3 is 5.69 Å². The first-order valence-corrected chi connectivity index (χ1v) is 6.32. The van der Waals surface area contributed by atoms with Gasteiger partial charge in [-0.1, -0.05) is 13.3 Å². The highest BCUT2D eigenvalue weighted by atomic mass is 19.1. The fourth-order valence-electron chi connectivity index (χ4n) is 1.77. The molecule has 1 amide bonds. The number of aliphatic hydroxyl groups is 1. The molecule has 1 rings (SSSR count). The van der Waals surface area contributed by atoms with Crippen molar-refractivity contribution >= 4 is 11.6 Å². The Morgan fingerprint density at radius 3 is 2.80 bits per heavy atom. The molecule has 0 spiro atoms. The van der Waals surface area contributed by atoms with Crippen molar-refractivity contribution in [2.24, 2.45) is 5.92 Å². The third kappa shape index (κ3) is 4.27. The van der Waals surface area contributed by atoms with Crippen molar-refractivity contribution in [3.8, 4) is 0 Å². The van der Waals surface area contributed by atoms with E-state index in [1.807, 2.05) is 6.92 Å². The topological polar surface area (TPSA) is 92.5 Å². The Bertz CT molecular complexity index is 493. The van der Waals surface area contributed by atoms with Crippen LogP contribution < -0.4 is 5.32 Å². The molecule has 0 aromatic heterocycles. The number of hydrogen-bond donors (Lipinski definition) is 2. The summed E-state index contributed by atoms with van der Waals surface area (Å²) < 4.78 is 13.2. The molecular weight excluding hydrogens is 267 g/mol. The lowest BCUT2D eigenvalue weighted by Gasteiger charge is -2.14. The Kier molecular flexibility index (Phi) is 6.05. The van der Waals surface area contributed by atoms with Gasteiger partial charge in [-0.25, -0.2) is 0 Å². The number of hydrogen-bond acceptors (Lipinski definition) is 4. The van der Waals surface area contributed by atoms with Crippen LogP contribution in [0.4, 0.5) is 10.1 Å². The largest absolute Gasteiger partial charge is 0.396 e. The quantitative estimate of drug-likeness (QED) is 0.590. The molecule has 0 aliphatic rings. The Morgan fingerprint density at radius 2 is 2.25 bits per heavy atom. The van der Waals surface area contributed by atoms with E-state index < -0.39 is 22.3 Å². The number of halogens is 1. The van der Waals surface area contributed by atoms with E-state index in [-0.39, 0.29) is 18.1 Å². The highest BCUT2D eigenvalue weighted by Gasteiger charge is 2.18. The average molecular weight is 284 g/mol. The summed E-state index contributed by atoms with van der Waals surface area (Å²) in [5.41, 5.74) is -0.683. The van der Waals surface area contributed by atoms with Gasteiger partial charge in [-0.3, -0.25) is 14.9 Å². The summed E-state index contributed by atoms with van der Waals surface area (Å²) in [6, 6.07) is 3.01. The second-order valence-electron chi connectivity index (χ2n) is 4.42. The van der Waals surface area contributed by atoms with Crippen molar-refractivity contribution in [1.29, 1.82) is 0 Å². The van der Waals surface area contributed by atoms with E-state index in [0.717, 1.165) is 18.6 Å². The van der Waals surface area contributed by atoms with Crippen LogP contribution >= 0.6 is 0 Å². The highest BCUT2D eigenvalue weighted by molar-refractivity contribution is 5.94. The van der Waals surface area contributed by atoms with Crippen LogP contribution in [0.1, 0.15) is 30.1 Å². The Hall–Kier alpha value is -2.02. The number of nitrogens with one attached hydrogen (secondary N) is 1. The molecule has 6 nitrogen and oxygen atoms in total. The zero-order chi connectivity index (χ0) is 15.1. The van der Waals surface area contributed by atoms with E-state index in [4.69, 9.17) is 5.11 Å². The Morgan fingerprint density at radius 1 is 1.55 bits per heavy atom. The molecule has 7 heteroatoms. The first-order valence-electron chi connectivity index (χ1n) is 6.32. The molecule has 1 atom stereocenters. The second-order valence-corrected chi connectivity index (χ2v) is 4.42. The second kappa shape index (κ2) is 7.54. The number of nitro groups is 1. The Labute approximate surface area is 115 Å². The first kappa shape index (κ1) is 16.0. The molecule has 0 saturated heterocycles. The van der Waals surface area contributed by atoms with Gasteiger partial charge in [0, 0.05) is 24.8 Å². The van der Waals surface area contributed by atoms with Crippen molar-refractivity contribution in [2.75, 3.05) is 13.2 Å². The monoisotopic (exact) mass is 284 g/mol. The SMILES string of the molecule is CCC(CCO)CNC(=O)c1ccc(F)c([N+](=O)[O-])c1. The van der Waals surface area contributed by atoms with Gasteiger partial charge < -0.3 is 10.4 Å². The average Bonchev–Trinajstić information content (AvgIpc) is 2.43. The molecule has 2 N–H and O–H groups in total. The normalized spacial score (nSPS) is 11.9. The van der Waals surface area contributed by atoms with Gasteiger partial charge in [-0.2, -0.15) is 4.39 Å². The van der Waals surface area contributed by atoms with E-state index in [0.29, 0.717) is 13.0 Å². The highest BCUT2D eigenvalue weighted by Crippen LogP contribution is 2.18. The smallest absolute Gasteiger partial charge is 0.305 e. The van der Waals surface area contributed by atoms with Crippen LogP contribution in [0.2, 0.25) is 0 Å². The molecule has 1 aromatic rings. The molecule has 0 aliphatic heterocycles. The molecule has 110 valence electrons. The first-order chi connectivity index (χ1) is 9.49. The van der Waals surface area contributed by atoms with Gasteiger partial charge in [-0.05, 0) is 24.5 Å². The summed E-state index contributed by atoms with van der Waals surface area (Å²) in [7, 11) is 0. The van der Waals surface area contributed by atoms with E-state index in [9.17, 15) is 19.3 Å². The number of rotatable bonds is 7.